The molecule has 0 saturated carbocycles. The van der Waals surface area contributed by atoms with Crippen molar-refractivity contribution >= 4 is 52.0 Å². The highest BCUT2D eigenvalue weighted by Crippen LogP contribution is 2.49. The van der Waals surface area contributed by atoms with E-state index in [0.29, 0.717) is 5.90 Å². The summed E-state index contributed by atoms with van der Waals surface area (Å²) in [6, 6.07) is 3.69. The number of nitrogens with zero attached hydrogens (tertiary/aromatic N) is 2. The number of fused-ring (bicyclic) bond motifs is 1. The molecular weight excluding hydrogens is 361 g/mol. The van der Waals surface area contributed by atoms with E-state index in [0.717, 1.165) is 4.88 Å². The van der Waals surface area contributed by atoms with Crippen LogP contribution in [0.15, 0.2) is 22.6 Å². The van der Waals surface area contributed by atoms with Gasteiger partial charge >= 0.3 is 0 Å². The number of rotatable bonds is 2. The van der Waals surface area contributed by atoms with Crippen molar-refractivity contribution in [3.05, 3.63) is 38.0 Å². The summed E-state index contributed by atoms with van der Waals surface area (Å²) in [6.45, 7) is 0. The van der Waals surface area contributed by atoms with Crippen LogP contribution >= 0.6 is 34.5 Å². The Kier molecular flexibility index (Phi) is 4.09. The maximum atomic E-state index is 12.3. The van der Waals surface area contributed by atoms with Gasteiger partial charge in [0.15, 0.2) is 11.5 Å². The summed E-state index contributed by atoms with van der Waals surface area (Å²) in [5, 5.41) is 16.0. The third-order valence-corrected chi connectivity index (χ3v) is 4.82. The number of ether oxygens (including phenoxy) is 1. The van der Waals surface area contributed by atoms with Crippen LogP contribution in [0.5, 0.6) is 11.5 Å². The van der Waals surface area contributed by atoms with Gasteiger partial charge in [-0.15, -0.1) is 16.4 Å². The molecule has 0 saturated heterocycles. The fourth-order valence-corrected chi connectivity index (χ4v) is 3.07. The summed E-state index contributed by atoms with van der Waals surface area (Å²) in [5.41, 5.74) is 2.86. The summed E-state index contributed by atoms with van der Waals surface area (Å²) in [7, 11) is 3.11. The number of hydrogen-bond acceptors (Lipinski definition) is 6. The molecule has 2 N–H and O–H groups in total. The number of hydrogen-bond donors (Lipinski definition) is 2. The van der Waals surface area contributed by atoms with Gasteiger partial charge in [0.05, 0.1) is 4.88 Å². The van der Waals surface area contributed by atoms with Crippen molar-refractivity contribution in [2.75, 3.05) is 19.5 Å². The molecule has 3 rings (SSSR count). The van der Waals surface area contributed by atoms with E-state index in [-0.39, 0.29) is 27.0 Å². The number of phenols is 1. The number of hydrazone groups is 1. The average molecular weight is 372 g/mol. The first kappa shape index (κ1) is 15.9. The molecule has 1 aliphatic rings. The fraction of sp³-hybridized carbons (Fsp3) is 0.143. The van der Waals surface area contributed by atoms with Crippen LogP contribution in [0.1, 0.15) is 15.2 Å². The third-order valence-electron chi connectivity index (χ3n) is 3.13. The number of amides is 1. The largest absolute Gasteiger partial charge is 0.505 e. The zero-order chi connectivity index (χ0) is 16.7. The Morgan fingerprint density at radius 3 is 2.74 bits per heavy atom. The summed E-state index contributed by atoms with van der Waals surface area (Å²) >= 11 is 13.6. The molecule has 0 bridgehead atoms. The Morgan fingerprint density at radius 2 is 2.13 bits per heavy atom. The zero-order valence-electron chi connectivity index (χ0n) is 12.1. The van der Waals surface area contributed by atoms with E-state index in [1.165, 1.54) is 16.2 Å². The quantitative estimate of drug-likeness (QED) is 0.844. The van der Waals surface area contributed by atoms with Gasteiger partial charge in [-0.2, -0.15) is 0 Å². The number of carbonyl (C=O) groups is 1. The lowest BCUT2D eigenvalue weighted by Gasteiger charge is -2.23. The van der Waals surface area contributed by atoms with Crippen molar-refractivity contribution in [1.29, 1.82) is 0 Å². The predicted molar refractivity (Wildman–Crippen MR) is 91.3 cm³/mol. The highest BCUT2D eigenvalue weighted by Gasteiger charge is 2.31. The van der Waals surface area contributed by atoms with Crippen molar-refractivity contribution in [2.45, 2.75) is 0 Å². The predicted octanol–water partition coefficient (Wildman–Crippen LogP) is 3.63. The number of phenolic OH excluding ortho intramolecular Hbond substituents is 1. The van der Waals surface area contributed by atoms with E-state index in [1.54, 1.807) is 14.1 Å². The molecule has 0 unspecified atom stereocenters. The summed E-state index contributed by atoms with van der Waals surface area (Å²) < 4.78 is 5.71. The molecule has 120 valence electrons. The number of aromatic hydroxyl groups is 1. The highest BCUT2D eigenvalue weighted by atomic mass is 35.5. The Hall–Kier alpha value is -1.96. The second-order valence-corrected chi connectivity index (χ2v) is 6.57. The molecule has 23 heavy (non-hydrogen) atoms. The van der Waals surface area contributed by atoms with Crippen molar-refractivity contribution < 1.29 is 14.6 Å². The average Bonchev–Trinajstić information content (AvgIpc) is 3.07. The summed E-state index contributed by atoms with van der Waals surface area (Å²) in [6.07, 6.45) is 0. The molecule has 2 aromatic rings. The van der Waals surface area contributed by atoms with Gasteiger partial charge < -0.3 is 14.7 Å². The van der Waals surface area contributed by atoms with Gasteiger partial charge in [-0.25, -0.2) is 0 Å². The molecule has 9 heteroatoms. The Balaban J connectivity index is 2.16. The molecule has 0 spiro atoms. The van der Waals surface area contributed by atoms with Crippen molar-refractivity contribution in [1.82, 2.24) is 4.90 Å². The van der Waals surface area contributed by atoms with E-state index < -0.39 is 11.7 Å². The van der Waals surface area contributed by atoms with Crippen LogP contribution in [0.25, 0.3) is 0 Å². The van der Waals surface area contributed by atoms with Crippen LogP contribution in [-0.4, -0.2) is 35.9 Å². The first-order chi connectivity index (χ1) is 10.9. The lowest BCUT2D eigenvalue weighted by Crippen LogP contribution is -2.25. The van der Waals surface area contributed by atoms with E-state index in [2.05, 4.69) is 10.5 Å². The number of anilines is 1. The van der Waals surface area contributed by atoms with E-state index in [1.807, 2.05) is 17.5 Å². The lowest BCUT2D eigenvalue weighted by molar-refractivity contribution is 0.0825. The van der Waals surface area contributed by atoms with E-state index in [9.17, 15) is 9.90 Å². The van der Waals surface area contributed by atoms with Crippen LogP contribution in [0, 0.1) is 0 Å². The molecular formula is C14H11Cl2N3O3S. The smallest absolute Gasteiger partial charge is 0.259 e. The molecule has 1 amide bonds. The lowest BCUT2D eigenvalue weighted by atomic mass is 10.1. The fourth-order valence-electron chi connectivity index (χ4n) is 2.02. The molecule has 2 heterocycles. The molecule has 0 fully saturated rings. The zero-order valence-corrected chi connectivity index (χ0v) is 14.4. The number of benzene rings is 1. The number of halogens is 2. The molecule has 1 aromatic carbocycles. The van der Waals surface area contributed by atoms with Crippen LogP contribution in [0.2, 0.25) is 10.0 Å². The van der Waals surface area contributed by atoms with Gasteiger partial charge in [0, 0.05) is 14.1 Å². The Morgan fingerprint density at radius 1 is 1.39 bits per heavy atom. The maximum absolute atomic E-state index is 12.3. The van der Waals surface area contributed by atoms with Crippen molar-refractivity contribution in [3.8, 4) is 11.5 Å². The minimum Gasteiger partial charge on any atom is -0.505 e. The van der Waals surface area contributed by atoms with Gasteiger partial charge in [-0.1, -0.05) is 29.3 Å². The second kappa shape index (κ2) is 5.92. The normalized spacial score (nSPS) is 12.8. The standard InChI is InChI=1S/C14H11Cl2N3O3S/c1-19(2)14(21)7-10-12(9(16)8(15)11(7)20)22-13(18-17-10)6-4-3-5-23-6/h3-5,17,20H,1-2H3. The van der Waals surface area contributed by atoms with Gasteiger partial charge in [0.2, 0.25) is 0 Å². The molecule has 1 aromatic heterocycles. The Bertz CT molecular complexity index is 819. The van der Waals surface area contributed by atoms with Crippen LogP contribution in [0.4, 0.5) is 5.69 Å². The van der Waals surface area contributed by atoms with Gasteiger partial charge in [-0.3, -0.25) is 10.2 Å². The molecule has 6 nitrogen and oxygen atoms in total. The van der Waals surface area contributed by atoms with Crippen LogP contribution in [-0.2, 0) is 0 Å². The maximum Gasteiger partial charge on any atom is 0.259 e. The number of carbonyl (C=O) groups excluding carboxylic acids is 1. The van der Waals surface area contributed by atoms with E-state index >= 15 is 0 Å². The van der Waals surface area contributed by atoms with Crippen LogP contribution < -0.4 is 10.2 Å². The van der Waals surface area contributed by atoms with Crippen LogP contribution in [0.3, 0.4) is 0 Å². The Labute approximate surface area is 145 Å². The van der Waals surface area contributed by atoms with E-state index in [4.69, 9.17) is 27.9 Å². The topological polar surface area (TPSA) is 74.2 Å². The molecule has 0 atom stereocenters. The minimum atomic E-state index is -0.455. The second-order valence-electron chi connectivity index (χ2n) is 4.86. The third kappa shape index (κ3) is 2.60. The van der Waals surface area contributed by atoms with Gasteiger partial charge in [0.1, 0.15) is 21.3 Å². The highest BCUT2D eigenvalue weighted by molar-refractivity contribution is 7.12. The molecule has 0 radical (unpaired) electrons. The SMILES string of the molecule is CN(C)C(=O)c1c(O)c(Cl)c(Cl)c2c1NN=C(c1cccs1)O2. The summed E-state index contributed by atoms with van der Waals surface area (Å²) in [5.74, 6) is -0.416. The molecule has 0 aliphatic carbocycles. The first-order valence-corrected chi connectivity index (χ1v) is 8.06. The summed E-state index contributed by atoms with van der Waals surface area (Å²) in [4.78, 5) is 14.4. The van der Waals surface area contributed by atoms with Gasteiger partial charge in [0.25, 0.3) is 11.8 Å². The monoisotopic (exact) mass is 371 g/mol. The van der Waals surface area contributed by atoms with Gasteiger partial charge in [-0.05, 0) is 11.4 Å². The minimum absolute atomic E-state index is 0.00549. The molecule has 1 aliphatic heterocycles. The van der Waals surface area contributed by atoms with Crippen molar-refractivity contribution in [3.63, 3.8) is 0 Å². The van der Waals surface area contributed by atoms with Crippen molar-refractivity contribution in [2.24, 2.45) is 5.10 Å². The number of thiophene rings is 1. The first-order valence-electron chi connectivity index (χ1n) is 6.42. The number of nitrogens with one attached hydrogen (secondary N) is 1.